The predicted molar refractivity (Wildman–Crippen MR) is 149 cm³/mol. The van der Waals surface area contributed by atoms with Crippen molar-refractivity contribution in [3.63, 3.8) is 0 Å². The van der Waals surface area contributed by atoms with Crippen molar-refractivity contribution in [3.05, 3.63) is 99.4 Å². The fraction of sp³-hybridized carbons (Fsp3) is 0.179. The van der Waals surface area contributed by atoms with E-state index in [0.717, 1.165) is 50.5 Å². The third-order valence-corrected chi connectivity index (χ3v) is 7.17. The first kappa shape index (κ1) is 24.2. The fourth-order valence-electron chi connectivity index (χ4n) is 4.19. The molecule has 8 heteroatoms. The molecule has 0 aliphatic carbocycles. The maximum atomic E-state index is 12.5. The number of hydrogen-bond acceptors (Lipinski definition) is 6. The van der Waals surface area contributed by atoms with E-state index < -0.39 is 0 Å². The molecular formula is C28H25ClN4O2S. The number of benzene rings is 3. The lowest BCUT2D eigenvalue weighted by Crippen LogP contribution is -2.26. The Morgan fingerprint density at radius 3 is 2.36 bits per heavy atom. The number of thioether (sulfide) groups is 1. The molecule has 2 heterocycles. The number of halogens is 1. The summed E-state index contributed by atoms with van der Waals surface area (Å²) in [4.78, 5) is 19.7. The number of amidine groups is 1. The van der Waals surface area contributed by atoms with E-state index in [1.165, 1.54) is 0 Å². The molecule has 36 heavy (non-hydrogen) atoms. The maximum Gasteiger partial charge on any atom is 0.311 e. The quantitative estimate of drug-likeness (QED) is 0.370. The van der Waals surface area contributed by atoms with Gasteiger partial charge in [-0.05, 0) is 83.1 Å². The Kier molecular flexibility index (Phi) is 6.85. The first-order valence-electron chi connectivity index (χ1n) is 11.5. The van der Waals surface area contributed by atoms with Crippen LogP contribution in [0.5, 0.6) is 5.75 Å². The largest absolute Gasteiger partial charge is 0.497 e. The molecule has 1 atom stereocenters. The lowest BCUT2D eigenvalue weighted by Gasteiger charge is -2.24. The van der Waals surface area contributed by atoms with Gasteiger partial charge in [-0.15, -0.1) is 0 Å². The standard InChI is InChI=1S/C28H25ClN4O2S/c1-32(2)22-12-4-18(5-13-22)16-26-27(30-28(34)36-26)33-25(20-6-10-21(29)11-7-20)17-24(31-33)19-8-14-23(35-3)15-9-19/h4-16,25H,17H2,1-3H3/b26-16-. The minimum Gasteiger partial charge on any atom is -0.497 e. The number of carbonyl (C=O) groups excluding carboxylic acids is 1. The van der Waals surface area contributed by atoms with Crippen LogP contribution < -0.4 is 9.64 Å². The molecule has 1 unspecified atom stereocenters. The fourth-order valence-corrected chi connectivity index (χ4v) is 5.06. The SMILES string of the molecule is COc1ccc(C2=NN(C3=NC(=O)S/C3=C\c3ccc(N(C)C)cc3)C(c3ccc(Cl)cc3)C2)cc1. The Morgan fingerprint density at radius 2 is 1.72 bits per heavy atom. The highest BCUT2D eigenvalue weighted by atomic mass is 35.5. The predicted octanol–water partition coefficient (Wildman–Crippen LogP) is 6.87. The monoisotopic (exact) mass is 516 g/mol. The highest BCUT2D eigenvalue weighted by Crippen LogP contribution is 2.40. The molecule has 1 amide bonds. The van der Waals surface area contributed by atoms with Crippen LogP contribution in [0.15, 0.2) is 87.8 Å². The number of methoxy groups -OCH3 is 1. The van der Waals surface area contributed by atoms with Crippen molar-refractivity contribution >= 4 is 51.9 Å². The van der Waals surface area contributed by atoms with Gasteiger partial charge in [0.05, 0.1) is 23.8 Å². The number of anilines is 1. The summed E-state index contributed by atoms with van der Waals surface area (Å²) >= 11 is 7.29. The van der Waals surface area contributed by atoms with Gasteiger partial charge in [0, 0.05) is 31.2 Å². The van der Waals surface area contributed by atoms with E-state index in [0.29, 0.717) is 17.3 Å². The Labute approximate surface area is 219 Å². The molecule has 0 radical (unpaired) electrons. The number of amides is 1. The van der Waals surface area contributed by atoms with Crippen molar-refractivity contribution in [2.24, 2.45) is 10.1 Å². The average molecular weight is 517 g/mol. The molecule has 0 saturated heterocycles. The molecule has 0 spiro atoms. The summed E-state index contributed by atoms with van der Waals surface area (Å²) in [7, 11) is 5.66. The molecule has 6 nitrogen and oxygen atoms in total. The zero-order valence-corrected chi connectivity index (χ0v) is 21.8. The summed E-state index contributed by atoms with van der Waals surface area (Å²) in [6, 6.07) is 23.7. The van der Waals surface area contributed by atoms with Gasteiger partial charge in [0.1, 0.15) is 5.75 Å². The number of hydrazone groups is 1. The minimum absolute atomic E-state index is 0.121. The zero-order chi connectivity index (χ0) is 25.2. The van der Waals surface area contributed by atoms with E-state index in [1.54, 1.807) is 7.11 Å². The summed E-state index contributed by atoms with van der Waals surface area (Å²) < 4.78 is 5.31. The molecule has 0 bridgehead atoms. The van der Waals surface area contributed by atoms with Crippen molar-refractivity contribution < 1.29 is 9.53 Å². The number of carbonyl (C=O) groups is 1. The highest BCUT2D eigenvalue weighted by molar-refractivity contribution is 8.18. The van der Waals surface area contributed by atoms with Gasteiger partial charge < -0.3 is 9.64 Å². The van der Waals surface area contributed by atoms with Gasteiger partial charge in [0.2, 0.25) is 0 Å². The van der Waals surface area contributed by atoms with Crippen molar-refractivity contribution in [1.29, 1.82) is 0 Å². The number of ether oxygens (including phenoxy) is 1. The first-order chi connectivity index (χ1) is 17.4. The molecule has 0 N–H and O–H groups in total. The average Bonchev–Trinajstić information content (AvgIpc) is 3.48. The Hall–Kier alpha value is -3.55. The maximum absolute atomic E-state index is 12.5. The van der Waals surface area contributed by atoms with Crippen LogP contribution in [0.4, 0.5) is 10.5 Å². The van der Waals surface area contributed by atoms with Crippen LogP contribution in [-0.4, -0.2) is 43.0 Å². The lowest BCUT2D eigenvalue weighted by molar-refractivity contribution is 0.267. The van der Waals surface area contributed by atoms with Gasteiger partial charge in [0.15, 0.2) is 5.84 Å². The van der Waals surface area contributed by atoms with Crippen LogP contribution in [0.25, 0.3) is 6.08 Å². The smallest absolute Gasteiger partial charge is 0.311 e. The van der Waals surface area contributed by atoms with Gasteiger partial charge in [-0.2, -0.15) is 10.1 Å². The molecule has 0 aromatic heterocycles. The topological polar surface area (TPSA) is 57.5 Å². The molecule has 0 fully saturated rings. The van der Waals surface area contributed by atoms with Gasteiger partial charge in [-0.1, -0.05) is 35.9 Å². The van der Waals surface area contributed by atoms with E-state index in [4.69, 9.17) is 21.4 Å². The second-order valence-electron chi connectivity index (χ2n) is 8.69. The zero-order valence-electron chi connectivity index (χ0n) is 20.2. The molecule has 2 aliphatic rings. The normalized spacial score (nSPS) is 18.4. The van der Waals surface area contributed by atoms with Crippen molar-refractivity contribution in [3.8, 4) is 5.75 Å². The van der Waals surface area contributed by atoms with Crippen LogP contribution in [0, 0.1) is 0 Å². The summed E-state index contributed by atoms with van der Waals surface area (Å²) in [6.07, 6.45) is 2.66. The van der Waals surface area contributed by atoms with E-state index in [2.05, 4.69) is 17.1 Å². The van der Waals surface area contributed by atoms with Gasteiger partial charge in [0.25, 0.3) is 0 Å². The minimum atomic E-state index is -0.246. The third kappa shape index (κ3) is 5.03. The molecule has 182 valence electrons. The molecule has 3 aromatic rings. The molecule has 5 rings (SSSR count). The van der Waals surface area contributed by atoms with Crippen molar-refractivity contribution in [2.45, 2.75) is 12.5 Å². The van der Waals surface area contributed by atoms with Gasteiger partial charge in [-0.25, -0.2) is 5.01 Å². The van der Waals surface area contributed by atoms with Crippen LogP contribution in [-0.2, 0) is 0 Å². The summed E-state index contributed by atoms with van der Waals surface area (Å²) in [5, 5.41) is 7.27. The second-order valence-corrected chi connectivity index (χ2v) is 10.1. The van der Waals surface area contributed by atoms with E-state index in [9.17, 15) is 4.79 Å². The third-order valence-electron chi connectivity index (χ3n) is 6.13. The van der Waals surface area contributed by atoms with Gasteiger partial charge in [-0.3, -0.25) is 4.79 Å². The lowest BCUT2D eigenvalue weighted by atomic mass is 9.98. The van der Waals surface area contributed by atoms with Crippen molar-refractivity contribution in [2.75, 3.05) is 26.1 Å². The number of nitrogens with zero attached hydrogens (tertiary/aromatic N) is 4. The van der Waals surface area contributed by atoms with Gasteiger partial charge >= 0.3 is 5.24 Å². The Balaban J connectivity index is 1.53. The summed E-state index contributed by atoms with van der Waals surface area (Å²) in [5.41, 5.74) is 5.07. The second kappa shape index (κ2) is 10.2. The Morgan fingerprint density at radius 1 is 1.03 bits per heavy atom. The number of rotatable bonds is 5. The summed E-state index contributed by atoms with van der Waals surface area (Å²) in [5.74, 6) is 1.35. The van der Waals surface area contributed by atoms with Crippen LogP contribution in [0.2, 0.25) is 5.02 Å². The van der Waals surface area contributed by atoms with Crippen LogP contribution in [0.3, 0.4) is 0 Å². The summed E-state index contributed by atoms with van der Waals surface area (Å²) in [6.45, 7) is 0. The molecule has 2 aliphatic heterocycles. The molecule has 0 saturated carbocycles. The number of aliphatic imine (C=N–C) groups is 1. The first-order valence-corrected chi connectivity index (χ1v) is 12.7. The molecule has 3 aromatic carbocycles. The highest BCUT2D eigenvalue weighted by Gasteiger charge is 2.36. The van der Waals surface area contributed by atoms with E-state index in [-0.39, 0.29) is 11.3 Å². The molecular weight excluding hydrogens is 492 g/mol. The van der Waals surface area contributed by atoms with E-state index in [1.807, 2.05) is 90.7 Å². The van der Waals surface area contributed by atoms with Crippen LogP contribution >= 0.6 is 23.4 Å². The number of hydrogen-bond donors (Lipinski definition) is 0. The van der Waals surface area contributed by atoms with Crippen molar-refractivity contribution in [1.82, 2.24) is 5.01 Å². The van der Waals surface area contributed by atoms with E-state index >= 15 is 0 Å². The Bertz CT molecular complexity index is 1360. The van der Waals surface area contributed by atoms with Crippen LogP contribution in [0.1, 0.15) is 29.2 Å².